The fourth-order valence-corrected chi connectivity index (χ4v) is 5.57. The number of para-hydroxylation sites is 1. The standard InChI is InChI=1S/C30H33N5O6/c1-18-8-7-9-21(31-18)16-35-23-11-6-5-10-22(23)26-25(30(35)39)28(40-4)27(33(26)3)29(38)32-20-12-14-34(15-13-20)24(37)17-41-19(2)36/h5-11,20H,12-17H2,1-4H3,(H,32,38). The van der Waals surface area contributed by atoms with E-state index in [9.17, 15) is 19.2 Å². The lowest BCUT2D eigenvalue weighted by atomic mass is 10.0. The highest BCUT2D eigenvalue weighted by atomic mass is 16.5. The molecule has 11 nitrogen and oxygen atoms in total. The number of hydrogen-bond donors (Lipinski definition) is 1. The first-order valence-electron chi connectivity index (χ1n) is 13.5. The van der Waals surface area contributed by atoms with Crippen LogP contribution in [0.4, 0.5) is 0 Å². The molecule has 3 aromatic heterocycles. The van der Waals surface area contributed by atoms with Crippen LogP contribution in [0.3, 0.4) is 0 Å². The molecule has 5 rings (SSSR count). The number of aromatic nitrogens is 3. The smallest absolute Gasteiger partial charge is 0.303 e. The number of amides is 2. The molecule has 0 bridgehead atoms. The lowest BCUT2D eigenvalue weighted by Crippen LogP contribution is -2.47. The number of benzene rings is 1. The number of carbonyl (C=O) groups excluding carboxylic acids is 3. The second-order valence-corrected chi connectivity index (χ2v) is 10.3. The number of rotatable bonds is 7. The summed E-state index contributed by atoms with van der Waals surface area (Å²) in [6.07, 6.45) is 1.09. The second-order valence-electron chi connectivity index (χ2n) is 10.3. The van der Waals surface area contributed by atoms with Crippen LogP contribution >= 0.6 is 0 Å². The Hall–Kier alpha value is -4.67. The van der Waals surface area contributed by atoms with Crippen molar-refractivity contribution < 1.29 is 23.9 Å². The number of ether oxygens (including phenoxy) is 2. The third-order valence-corrected chi connectivity index (χ3v) is 7.53. The van der Waals surface area contributed by atoms with E-state index in [1.54, 1.807) is 21.1 Å². The van der Waals surface area contributed by atoms with E-state index in [0.717, 1.165) is 22.3 Å². The molecule has 0 atom stereocenters. The Morgan fingerprint density at radius 2 is 1.80 bits per heavy atom. The Balaban J connectivity index is 1.48. The first-order chi connectivity index (χ1) is 19.7. The molecule has 1 fully saturated rings. The Labute approximate surface area is 236 Å². The highest BCUT2D eigenvalue weighted by molar-refractivity contribution is 6.12. The first kappa shape index (κ1) is 27.9. The van der Waals surface area contributed by atoms with Crippen molar-refractivity contribution in [1.29, 1.82) is 0 Å². The van der Waals surface area contributed by atoms with Crippen molar-refractivity contribution in [2.24, 2.45) is 7.05 Å². The summed E-state index contributed by atoms with van der Waals surface area (Å²) in [7, 11) is 3.22. The van der Waals surface area contributed by atoms with Gasteiger partial charge in [0.05, 0.1) is 30.4 Å². The van der Waals surface area contributed by atoms with Crippen molar-refractivity contribution >= 4 is 39.6 Å². The maximum atomic E-state index is 14.0. The topological polar surface area (TPSA) is 125 Å². The molecule has 0 spiro atoms. The number of fused-ring (bicyclic) bond motifs is 3. The quantitative estimate of drug-likeness (QED) is 0.345. The number of piperidine rings is 1. The Morgan fingerprint density at radius 1 is 1.07 bits per heavy atom. The molecule has 1 aromatic carbocycles. The van der Waals surface area contributed by atoms with Crippen molar-refractivity contribution in [3.8, 4) is 5.75 Å². The van der Waals surface area contributed by atoms with Crippen LogP contribution in [0.25, 0.3) is 21.8 Å². The molecular formula is C30H33N5O6. The largest absolute Gasteiger partial charge is 0.493 e. The van der Waals surface area contributed by atoms with E-state index < -0.39 is 5.97 Å². The van der Waals surface area contributed by atoms with Crippen LogP contribution in [-0.4, -0.2) is 69.6 Å². The van der Waals surface area contributed by atoms with E-state index in [2.05, 4.69) is 10.3 Å². The van der Waals surface area contributed by atoms with Gasteiger partial charge in [-0.1, -0.05) is 24.3 Å². The number of nitrogens with one attached hydrogen (secondary N) is 1. The Morgan fingerprint density at radius 3 is 2.49 bits per heavy atom. The number of esters is 1. The molecule has 1 saturated heterocycles. The fourth-order valence-electron chi connectivity index (χ4n) is 5.57. The summed E-state index contributed by atoms with van der Waals surface area (Å²) < 4.78 is 13.9. The van der Waals surface area contributed by atoms with E-state index in [1.165, 1.54) is 14.0 Å². The average molecular weight is 560 g/mol. The molecule has 0 saturated carbocycles. The zero-order valence-electron chi connectivity index (χ0n) is 23.6. The molecular weight excluding hydrogens is 526 g/mol. The van der Waals surface area contributed by atoms with Gasteiger partial charge in [-0.3, -0.25) is 24.2 Å². The van der Waals surface area contributed by atoms with Gasteiger partial charge in [0, 0.05) is 44.2 Å². The van der Waals surface area contributed by atoms with Crippen LogP contribution in [0.1, 0.15) is 41.6 Å². The third kappa shape index (κ3) is 5.39. The van der Waals surface area contributed by atoms with Crippen LogP contribution in [0.5, 0.6) is 5.75 Å². The number of nitrogens with zero attached hydrogens (tertiary/aromatic N) is 4. The molecule has 4 heterocycles. The average Bonchev–Trinajstić information content (AvgIpc) is 3.26. The summed E-state index contributed by atoms with van der Waals surface area (Å²) in [4.78, 5) is 57.2. The van der Waals surface area contributed by atoms with E-state index >= 15 is 0 Å². The van der Waals surface area contributed by atoms with Gasteiger partial charge < -0.3 is 28.8 Å². The fraction of sp³-hybridized carbons (Fsp3) is 0.367. The molecule has 214 valence electrons. The number of pyridine rings is 2. The minimum Gasteiger partial charge on any atom is -0.493 e. The van der Waals surface area contributed by atoms with Crippen LogP contribution in [0.15, 0.2) is 47.3 Å². The molecule has 1 aliphatic rings. The van der Waals surface area contributed by atoms with Gasteiger partial charge in [0.2, 0.25) is 0 Å². The van der Waals surface area contributed by atoms with Crippen molar-refractivity contribution in [2.45, 2.75) is 39.3 Å². The zero-order valence-corrected chi connectivity index (χ0v) is 23.6. The number of aryl methyl sites for hydroxylation is 2. The van der Waals surface area contributed by atoms with Gasteiger partial charge >= 0.3 is 5.97 Å². The van der Waals surface area contributed by atoms with Crippen LogP contribution in [0.2, 0.25) is 0 Å². The summed E-state index contributed by atoms with van der Waals surface area (Å²) in [5.41, 5.74) is 2.94. The molecule has 41 heavy (non-hydrogen) atoms. The number of carbonyl (C=O) groups is 3. The normalized spacial score (nSPS) is 13.9. The maximum Gasteiger partial charge on any atom is 0.303 e. The number of hydrogen-bond acceptors (Lipinski definition) is 7. The molecule has 2 amide bonds. The van der Waals surface area contributed by atoms with Crippen LogP contribution in [0, 0.1) is 6.92 Å². The minimum absolute atomic E-state index is 0.177. The van der Waals surface area contributed by atoms with Gasteiger partial charge in [-0.25, -0.2) is 0 Å². The van der Waals surface area contributed by atoms with Gasteiger partial charge in [-0.05, 0) is 38.0 Å². The van der Waals surface area contributed by atoms with Gasteiger partial charge in [-0.15, -0.1) is 0 Å². The molecule has 11 heteroatoms. The van der Waals surface area contributed by atoms with E-state index in [-0.39, 0.29) is 48.0 Å². The Kier molecular flexibility index (Phi) is 7.78. The van der Waals surface area contributed by atoms with Crippen LogP contribution in [-0.2, 0) is 27.9 Å². The molecule has 4 aromatic rings. The summed E-state index contributed by atoms with van der Waals surface area (Å²) in [6.45, 7) is 4.01. The maximum absolute atomic E-state index is 14.0. The second kappa shape index (κ2) is 11.4. The summed E-state index contributed by atoms with van der Waals surface area (Å²) in [5.74, 6) is -0.906. The van der Waals surface area contributed by atoms with Gasteiger partial charge in [0.25, 0.3) is 17.4 Å². The van der Waals surface area contributed by atoms with Gasteiger partial charge in [-0.2, -0.15) is 0 Å². The zero-order chi connectivity index (χ0) is 29.3. The van der Waals surface area contributed by atoms with E-state index in [4.69, 9.17) is 9.47 Å². The molecule has 0 radical (unpaired) electrons. The SMILES string of the molecule is COc1c(C(=O)NC2CCN(C(=O)COC(C)=O)CC2)n(C)c2c1c(=O)n(Cc1cccc(C)n1)c1ccccc21. The van der Waals surface area contributed by atoms with Gasteiger partial charge in [0.1, 0.15) is 5.39 Å². The van der Waals surface area contributed by atoms with Crippen molar-refractivity contribution in [1.82, 2.24) is 24.3 Å². The third-order valence-electron chi connectivity index (χ3n) is 7.53. The van der Waals surface area contributed by atoms with Crippen LogP contribution < -0.4 is 15.6 Å². The predicted molar refractivity (Wildman–Crippen MR) is 153 cm³/mol. The van der Waals surface area contributed by atoms with Crippen molar-refractivity contribution in [2.75, 3.05) is 26.8 Å². The molecule has 0 aliphatic carbocycles. The minimum atomic E-state index is -0.504. The molecule has 0 unspecified atom stereocenters. The van der Waals surface area contributed by atoms with E-state index in [1.807, 2.05) is 49.4 Å². The molecule has 1 aliphatic heterocycles. The molecule has 1 N–H and O–H groups in total. The number of likely N-dealkylation sites (tertiary alicyclic amines) is 1. The lowest BCUT2D eigenvalue weighted by Gasteiger charge is -2.32. The summed E-state index contributed by atoms with van der Waals surface area (Å²) >= 11 is 0. The van der Waals surface area contributed by atoms with Crippen molar-refractivity contribution in [3.63, 3.8) is 0 Å². The first-order valence-corrected chi connectivity index (χ1v) is 13.5. The Bertz CT molecular complexity index is 1710. The van der Waals surface area contributed by atoms with Crippen molar-refractivity contribution in [3.05, 3.63) is 69.9 Å². The summed E-state index contributed by atoms with van der Waals surface area (Å²) in [5, 5.41) is 4.21. The van der Waals surface area contributed by atoms with E-state index in [0.29, 0.717) is 36.8 Å². The number of methoxy groups -OCH3 is 1. The predicted octanol–water partition coefficient (Wildman–Crippen LogP) is 2.54. The highest BCUT2D eigenvalue weighted by Crippen LogP contribution is 2.35. The monoisotopic (exact) mass is 559 g/mol. The lowest BCUT2D eigenvalue weighted by molar-refractivity contribution is -0.150. The highest BCUT2D eigenvalue weighted by Gasteiger charge is 2.30. The van der Waals surface area contributed by atoms with Gasteiger partial charge in [0.15, 0.2) is 18.1 Å². The summed E-state index contributed by atoms with van der Waals surface area (Å²) in [6, 6.07) is 13.1.